The van der Waals surface area contributed by atoms with Crippen molar-refractivity contribution in [1.82, 2.24) is 9.88 Å². The molecule has 0 spiro atoms. The molecule has 0 radical (unpaired) electrons. The monoisotopic (exact) mass is 362 g/mol. The van der Waals surface area contributed by atoms with Crippen LogP contribution in [0.15, 0.2) is 70.0 Å². The van der Waals surface area contributed by atoms with Crippen LogP contribution in [0.5, 0.6) is 0 Å². The number of aromatic nitrogens is 1. The maximum Gasteiger partial charge on any atom is 0.349 e. The molecule has 2 aromatic heterocycles. The lowest BCUT2D eigenvalue weighted by Crippen LogP contribution is -2.31. The normalized spacial score (nSPS) is 10.6. The largest absolute Gasteiger partial charge is 0.427 e. The number of pyridine rings is 1. The summed E-state index contributed by atoms with van der Waals surface area (Å²) in [4.78, 5) is 30.8. The second kappa shape index (κ2) is 8.45. The minimum Gasteiger partial charge on any atom is -0.427 e. The zero-order valence-corrected chi connectivity index (χ0v) is 15.5. The van der Waals surface area contributed by atoms with Crippen LogP contribution >= 0.6 is 0 Å². The van der Waals surface area contributed by atoms with Crippen molar-refractivity contribution in [2.75, 3.05) is 7.05 Å². The van der Waals surface area contributed by atoms with Crippen molar-refractivity contribution in [1.29, 1.82) is 0 Å². The Balaban J connectivity index is 1.74. The predicted molar refractivity (Wildman–Crippen MR) is 104 cm³/mol. The van der Waals surface area contributed by atoms with Crippen molar-refractivity contribution in [3.05, 3.63) is 99.4 Å². The molecule has 0 saturated carbocycles. The molecule has 0 aliphatic heterocycles. The van der Waals surface area contributed by atoms with E-state index >= 15 is 0 Å². The number of aryl methyl sites for hydroxylation is 3. The molecule has 3 rings (SSSR count). The Morgan fingerprint density at radius 3 is 2.48 bits per heavy atom. The first kappa shape index (κ1) is 18.6. The predicted octanol–water partition coefficient (Wildman–Crippen LogP) is 3.40. The summed E-state index contributed by atoms with van der Waals surface area (Å²) in [6.45, 7) is 2.10. The van der Waals surface area contributed by atoms with E-state index < -0.39 is 5.63 Å². The van der Waals surface area contributed by atoms with Gasteiger partial charge in [0.2, 0.25) is 0 Å². The molecule has 0 aliphatic rings. The smallest absolute Gasteiger partial charge is 0.349 e. The number of carbonyl (C=O) groups excluding carboxylic acids is 1. The fourth-order valence-electron chi connectivity index (χ4n) is 2.96. The van der Waals surface area contributed by atoms with Crippen LogP contribution < -0.4 is 5.63 Å². The van der Waals surface area contributed by atoms with Crippen LogP contribution in [-0.2, 0) is 19.4 Å². The molecule has 0 aliphatic carbocycles. The molecule has 3 aromatic rings. The fourth-order valence-corrected chi connectivity index (χ4v) is 2.96. The standard InChI is InChI=1S/C22H22N2O3/c1-16-14-19(12-11-17-8-4-3-5-9-17)27-22(26)20(16)21(25)24(2)15-18-10-6-7-13-23-18/h3-10,13-14H,11-12,15H2,1-2H3. The Morgan fingerprint density at radius 2 is 1.81 bits per heavy atom. The van der Waals surface area contributed by atoms with Crippen molar-refractivity contribution < 1.29 is 9.21 Å². The number of nitrogens with zero attached hydrogens (tertiary/aromatic N) is 2. The van der Waals surface area contributed by atoms with Gasteiger partial charge >= 0.3 is 5.63 Å². The van der Waals surface area contributed by atoms with Gasteiger partial charge < -0.3 is 9.32 Å². The highest BCUT2D eigenvalue weighted by Crippen LogP contribution is 2.13. The highest BCUT2D eigenvalue weighted by atomic mass is 16.4. The van der Waals surface area contributed by atoms with Gasteiger partial charge in [0.25, 0.3) is 5.91 Å². The highest BCUT2D eigenvalue weighted by molar-refractivity contribution is 5.94. The van der Waals surface area contributed by atoms with Gasteiger partial charge in [-0.25, -0.2) is 4.79 Å². The van der Waals surface area contributed by atoms with Crippen LogP contribution in [0.2, 0.25) is 0 Å². The van der Waals surface area contributed by atoms with E-state index in [4.69, 9.17) is 4.42 Å². The number of rotatable bonds is 6. The first-order valence-corrected chi connectivity index (χ1v) is 8.87. The fraction of sp³-hybridized carbons (Fsp3) is 0.227. The average molecular weight is 362 g/mol. The Labute approximate surface area is 158 Å². The molecular weight excluding hydrogens is 340 g/mol. The first-order chi connectivity index (χ1) is 13.0. The van der Waals surface area contributed by atoms with E-state index in [1.54, 1.807) is 26.2 Å². The SMILES string of the molecule is Cc1cc(CCc2ccccc2)oc(=O)c1C(=O)N(C)Cc1ccccn1. The van der Waals surface area contributed by atoms with Gasteiger partial charge in [0, 0.05) is 19.7 Å². The molecule has 1 aromatic carbocycles. The van der Waals surface area contributed by atoms with Crippen molar-refractivity contribution in [3.63, 3.8) is 0 Å². The maximum atomic E-state index is 12.7. The van der Waals surface area contributed by atoms with Gasteiger partial charge in [-0.3, -0.25) is 9.78 Å². The van der Waals surface area contributed by atoms with Crippen molar-refractivity contribution in [3.8, 4) is 0 Å². The molecule has 0 fully saturated rings. The summed E-state index contributed by atoms with van der Waals surface area (Å²) in [5.41, 5.74) is 2.06. The summed E-state index contributed by atoms with van der Waals surface area (Å²) in [6, 6.07) is 17.3. The lowest BCUT2D eigenvalue weighted by atomic mass is 10.1. The summed E-state index contributed by atoms with van der Waals surface area (Å²) in [5.74, 6) is 0.229. The summed E-state index contributed by atoms with van der Waals surface area (Å²) in [7, 11) is 1.65. The average Bonchev–Trinajstić information content (AvgIpc) is 2.67. The van der Waals surface area contributed by atoms with E-state index in [1.165, 1.54) is 10.5 Å². The molecule has 5 heteroatoms. The number of carbonyl (C=O) groups is 1. The van der Waals surface area contributed by atoms with Crippen LogP contribution in [0.1, 0.15) is 32.9 Å². The van der Waals surface area contributed by atoms with Gasteiger partial charge in [0.15, 0.2) is 0 Å². The van der Waals surface area contributed by atoms with E-state index in [0.717, 1.165) is 12.1 Å². The molecule has 27 heavy (non-hydrogen) atoms. The van der Waals surface area contributed by atoms with Gasteiger partial charge in [-0.15, -0.1) is 0 Å². The molecule has 1 amide bonds. The van der Waals surface area contributed by atoms with Gasteiger partial charge in [0.05, 0.1) is 12.2 Å². The Bertz CT molecular complexity index is 966. The molecule has 0 unspecified atom stereocenters. The minimum absolute atomic E-state index is 0.0805. The van der Waals surface area contributed by atoms with Crippen LogP contribution in [-0.4, -0.2) is 22.8 Å². The minimum atomic E-state index is -0.587. The van der Waals surface area contributed by atoms with Crippen LogP contribution in [0.4, 0.5) is 0 Å². The van der Waals surface area contributed by atoms with Crippen LogP contribution in [0.25, 0.3) is 0 Å². The number of hydrogen-bond acceptors (Lipinski definition) is 4. The molecule has 138 valence electrons. The van der Waals surface area contributed by atoms with Crippen molar-refractivity contribution in [2.45, 2.75) is 26.3 Å². The van der Waals surface area contributed by atoms with E-state index in [1.807, 2.05) is 48.5 Å². The Hall–Kier alpha value is -3.21. The topological polar surface area (TPSA) is 63.4 Å². The third kappa shape index (κ3) is 4.70. The van der Waals surface area contributed by atoms with Crippen molar-refractivity contribution in [2.24, 2.45) is 0 Å². The van der Waals surface area contributed by atoms with E-state index in [2.05, 4.69) is 4.98 Å². The van der Waals surface area contributed by atoms with Crippen molar-refractivity contribution >= 4 is 5.91 Å². The number of amides is 1. The lowest BCUT2D eigenvalue weighted by molar-refractivity contribution is 0.0777. The summed E-state index contributed by atoms with van der Waals surface area (Å²) < 4.78 is 5.41. The maximum absolute atomic E-state index is 12.7. The zero-order chi connectivity index (χ0) is 19.2. The number of benzene rings is 1. The highest BCUT2D eigenvalue weighted by Gasteiger charge is 2.20. The summed E-state index contributed by atoms with van der Waals surface area (Å²) in [5, 5.41) is 0. The van der Waals surface area contributed by atoms with Crippen LogP contribution in [0.3, 0.4) is 0 Å². The van der Waals surface area contributed by atoms with Gasteiger partial charge in [-0.2, -0.15) is 0 Å². The van der Waals surface area contributed by atoms with Gasteiger partial charge in [-0.05, 0) is 42.7 Å². The van der Waals surface area contributed by atoms with Gasteiger partial charge in [-0.1, -0.05) is 36.4 Å². The van der Waals surface area contributed by atoms with E-state index in [9.17, 15) is 9.59 Å². The molecule has 5 nitrogen and oxygen atoms in total. The number of hydrogen-bond donors (Lipinski definition) is 0. The zero-order valence-electron chi connectivity index (χ0n) is 15.5. The Kier molecular flexibility index (Phi) is 5.81. The second-order valence-electron chi connectivity index (χ2n) is 6.53. The lowest BCUT2D eigenvalue weighted by Gasteiger charge is -2.17. The molecule has 0 N–H and O–H groups in total. The van der Waals surface area contributed by atoms with Gasteiger partial charge in [0.1, 0.15) is 11.3 Å². The molecule has 0 saturated heterocycles. The first-order valence-electron chi connectivity index (χ1n) is 8.87. The molecule has 0 atom stereocenters. The van der Waals surface area contributed by atoms with Crippen LogP contribution in [0, 0.1) is 6.92 Å². The summed E-state index contributed by atoms with van der Waals surface area (Å²) in [6.07, 6.45) is 3.06. The van der Waals surface area contributed by atoms with E-state index in [0.29, 0.717) is 24.3 Å². The molecular formula is C22H22N2O3. The summed E-state index contributed by atoms with van der Waals surface area (Å²) >= 11 is 0. The molecule has 0 bridgehead atoms. The quantitative estimate of drug-likeness (QED) is 0.674. The van der Waals surface area contributed by atoms with E-state index in [-0.39, 0.29) is 11.5 Å². The molecule has 2 heterocycles. The Morgan fingerprint density at radius 1 is 1.07 bits per heavy atom. The second-order valence-corrected chi connectivity index (χ2v) is 6.53. The third-order valence-corrected chi connectivity index (χ3v) is 4.39. The third-order valence-electron chi connectivity index (χ3n) is 4.39.